The summed E-state index contributed by atoms with van der Waals surface area (Å²) in [6.07, 6.45) is 2.09. The van der Waals surface area contributed by atoms with Crippen LogP contribution in [-0.4, -0.2) is 10.1 Å². The van der Waals surface area contributed by atoms with E-state index in [0.717, 1.165) is 12.0 Å². The third-order valence-electron chi connectivity index (χ3n) is 2.88. The van der Waals surface area contributed by atoms with Crippen LogP contribution in [0, 0.1) is 5.92 Å². The number of aliphatic hydroxyl groups excluding tert-OH is 1. The molecule has 2 rings (SSSR count). The van der Waals surface area contributed by atoms with Crippen LogP contribution in [0.15, 0.2) is 48.7 Å². The maximum absolute atomic E-state index is 10.3. The van der Waals surface area contributed by atoms with Gasteiger partial charge in [0.05, 0.1) is 5.69 Å². The van der Waals surface area contributed by atoms with Crippen LogP contribution in [0.25, 0.3) is 0 Å². The first-order chi connectivity index (χ1) is 8.66. The number of pyridine rings is 1. The van der Waals surface area contributed by atoms with E-state index in [0.29, 0.717) is 11.6 Å². The van der Waals surface area contributed by atoms with Crippen LogP contribution in [0.5, 0.6) is 0 Å². The van der Waals surface area contributed by atoms with E-state index in [4.69, 9.17) is 0 Å². The van der Waals surface area contributed by atoms with Crippen LogP contribution in [0.3, 0.4) is 0 Å². The number of nitrogens with zero attached hydrogens (tertiary/aromatic N) is 1. The predicted octanol–water partition coefficient (Wildman–Crippen LogP) is 3.36. The molecule has 0 aliphatic heterocycles. The number of rotatable bonds is 4. The zero-order valence-electron chi connectivity index (χ0n) is 10.9. The summed E-state index contributed by atoms with van der Waals surface area (Å²) >= 11 is 0. The molecule has 0 bridgehead atoms. The van der Waals surface area contributed by atoms with Crippen molar-refractivity contribution in [2.75, 3.05) is 0 Å². The highest BCUT2D eigenvalue weighted by Gasteiger charge is 2.11. The Hall–Kier alpha value is -1.67. The Morgan fingerprint density at radius 2 is 1.94 bits per heavy atom. The van der Waals surface area contributed by atoms with E-state index in [1.807, 2.05) is 30.3 Å². The lowest BCUT2D eigenvalue weighted by atomic mass is 9.98. The second-order valence-electron chi connectivity index (χ2n) is 5.00. The molecular formula is C16H19NO. The Bertz CT molecular complexity index is 493. The molecular weight excluding hydrogens is 222 g/mol. The highest BCUT2D eigenvalue weighted by Crippen LogP contribution is 2.21. The molecule has 0 spiro atoms. The van der Waals surface area contributed by atoms with Crippen molar-refractivity contribution in [2.45, 2.75) is 26.4 Å². The Morgan fingerprint density at radius 3 is 2.61 bits per heavy atom. The van der Waals surface area contributed by atoms with E-state index < -0.39 is 6.10 Å². The number of aliphatic hydroxyl groups is 1. The molecule has 0 radical (unpaired) electrons. The van der Waals surface area contributed by atoms with Gasteiger partial charge in [0.25, 0.3) is 0 Å². The van der Waals surface area contributed by atoms with Gasteiger partial charge in [-0.15, -0.1) is 0 Å². The Labute approximate surface area is 108 Å². The zero-order valence-corrected chi connectivity index (χ0v) is 10.9. The predicted molar refractivity (Wildman–Crippen MR) is 73.3 cm³/mol. The summed E-state index contributed by atoms with van der Waals surface area (Å²) in [5.41, 5.74) is 2.86. The van der Waals surface area contributed by atoms with Gasteiger partial charge in [0, 0.05) is 6.20 Å². The summed E-state index contributed by atoms with van der Waals surface area (Å²) in [5, 5.41) is 10.3. The fraction of sp³-hybridized carbons (Fsp3) is 0.312. The number of hydrogen-bond acceptors (Lipinski definition) is 2. The molecule has 1 unspecified atom stereocenters. The standard InChI is InChI=1S/C16H19NO/c1-12(2)10-13-6-5-7-14(11-13)16(18)15-8-3-4-9-17-15/h3-9,11-12,16,18H,10H2,1-2H3. The van der Waals surface area contributed by atoms with Gasteiger partial charge in [-0.1, -0.05) is 44.2 Å². The molecule has 0 saturated carbocycles. The van der Waals surface area contributed by atoms with Gasteiger partial charge in [0.15, 0.2) is 0 Å². The maximum Gasteiger partial charge on any atom is 0.121 e. The lowest BCUT2D eigenvalue weighted by Crippen LogP contribution is -2.03. The molecule has 0 amide bonds. The van der Waals surface area contributed by atoms with Gasteiger partial charge in [0.1, 0.15) is 6.10 Å². The Balaban J connectivity index is 2.23. The molecule has 2 aromatic rings. The van der Waals surface area contributed by atoms with Crippen molar-refractivity contribution in [3.05, 3.63) is 65.5 Å². The molecule has 0 saturated heterocycles. The maximum atomic E-state index is 10.3. The molecule has 1 aromatic carbocycles. The summed E-state index contributed by atoms with van der Waals surface area (Å²) in [6, 6.07) is 13.7. The van der Waals surface area contributed by atoms with Crippen molar-refractivity contribution in [2.24, 2.45) is 5.92 Å². The van der Waals surface area contributed by atoms with Crippen LogP contribution >= 0.6 is 0 Å². The van der Waals surface area contributed by atoms with E-state index in [1.54, 1.807) is 6.20 Å². The van der Waals surface area contributed by atoms with E-state index in [9.17, 15) is 5.11 Å². The Morgan fingerprint density at radius 1 is 1.11 bits per heavy atom. The van der Waals surface area contributed by atoms with Crippen molar-refractivity contribution in [3.8, 4) is 0 Å². The van der Waals surface area contributed by atoms with Gasteiger partial charge in [-0.05, 0) is 35.6 Å². The second kappa shape index (κ2) is 5.78. The summed E-state index contributed by atoms with van der Waals surface area (Å²) in [4.78, 5) is 4.20. The minimum Gasteiger partial charge on any atom is -0.382 e. The number of aromatic nitrogens is 1. The molecule has 1 atom stereocenters. The quantitative estimate of drug-likeness (QED) is 0.890. The first kappa shape index (κ1) is 12.8. The fourth-order valence-corrected chi connectivity index (χ4v) is 2.07. The van der Waals surface area contributed by atoms with E-state index in [1.165, 1.54) is 5.56 Å². The first-order valence-corrected chi connectivity index (χ1v) is 6.34. The SMILES string of the molecule is CC(C)Cc1cccc(C(O)c2ccccn2)c1. The molecule has 2 nitrogen and oxygen atoms in total. The van der Waals surface area contributed by atoms with Crippen LogP contribution in [0.2, 0.25) is 0 Å². The molecule has 1 heterocycles. The minimum atomic E-state index is -0.640. The Kier molecular flexibility index (Phi) is 4.11. The second-order valence-corrected chi connectivity index (χ2v) is 5.00. The van der Waals surface area contributed by atoms with Crippen LogP contribution < -0.4 is 0 Å². The van der Waals surface area contributed by atoms with Gasteiger partial charge in [-0.25, -0.2) is 0 Å². The van der Waals surface area contributed by atoms with E-state index in [-0.39, 0.29) is 0 Å². The summed E-state index contributed by atoms with van der Waals surface area (Å²) in [7, 11) is 0. The van der Waals surface area contributed by atoms with Crippen molar-refractivity contribution >= 4 is 0 Å². The highest BCUT2D eigenvalue weighted by atomic mass is 16.3. The summed E-state index contributed by atoms with van der Waals surface area (Å²) < 4.78 is 0. The fourth-order valence-electron chi connectivity index (χ4n) is 2.07. The molecule has 1 aromatic heterocycles. The van der Waals surface area contributed by atoms with Gasteiger partial charge < -0.3 is 5.11 Å². The number of hydrogen-bond donors (Lipinski definition) is 1. The van der Waals surface area contributed by atoms with Crippen molar-refractivity contribution in [1.82, 2.24) is 4.98 Å². The molecule has 2 heteroatoms. The van der Waals surface area contributed by atoms with Crippen molar-refractivity contribution < 1.29 is 5.11 Å². The molecule has 94 valence electrons. The smallest absolute Gasteiger partial charge is 0.121 e. The minimum absolute atomic E-state index is 0.618. The van der Waals surface area contributed by atoms with Crippen molar-refractivity contribution in [1.29, 1.82) is 0 Å². The average Bonchev–Trinajstić information content (AvgIpc) is 2.38. The molecule has 1 N–H and O–H groups in total. The number of benzene rings is 1. The van der Waals surface area contributed by atoms with Crippen molar-refractivity contribution in [3.63, 3.8) is 0 Å². The molecule has 18 heavy (non-hydrogen) atoms. The summed E-state index contributed by atoms with van der Waals surface area (Å²) in [6.45, 7) is 4.39. The van der Waals surface area contributed by atoms with E-state index >= 15 is 0 Å². The molecule has 0 fully saturated rings. The third-order valence-corrected chi connectivity index (χ3v) is 2.88. The van der Waals surface area contributed by atoms with Crippen LogP contribution in [0.1, 0.15) is 36.8 Å². The zero-order chi connectivity index (χ0) is 13.0. The van der Waals surface area contributed by atoms with Crippen LogP contribution in [-0.2, 0) is 6.42 Å². The lowest BCUT2D eigenvalue weighted by molar-refractivity contribution is 0.215. The van der Waals surface area contributed by atoms with Gasteiger partial charge in [0.2, 0.25) is 0 Å². The first-order valence-electron chi connectivity index (χ1n) is 6.34. The highest BCUT2D eigenvalue weighted by molar-refractivity contribution is 5.30. The van der Waals surface area contributed by atoms with Crippen LogP contribution in [0.4, 0.5) is 0 Å². The average molecular weight is 241 g/mol. The largest absolute Gasteiger partial charge is 0.382 e. The molecule has 0 aliphatic carbocycles. The van der Waals surface area contributed by atoms with E-state index in [2.05, 4.69) is 31.0 Å². The molecule has 0 aliphatic rings. The van der Waals surface area contributed by atoms with Gasteiger partial charge in [-0.2, -0.15) is 0 Å². The monoisotopic (exact) mass is 241 g/mol. The third kappa shape index (κ3) is 3.17. The normalized spacial score (nSPS) is 12.7. The van der Waals surface area contributed by atoms with Gasteiger partial charge >= 0.3 is 0 Å². The lowest BCUT2D eigenvalue weighted by Gasteiger charge is -2.12. The summed E-state index contributed by atoms with van der Waals surface area (Å²) in [5.74, 6) is 0.618. The topological polar surface area (TPSA) is 33.1 Å². The van der Waals surface area contributed by atoms with Gasteiger partial charge in [-0.3, -0.25) is 4.98 Å².